The summed E-state index contributed by atoms with van der Waals surface area (Å²) >= 11 is 0. The van der Waals surface area contributed by atoms with Gasteiger partial charge in [0.05, 0.1) is 18.6 Å². The standard InChI is InChI=1S/C14H26O3/c1-4-5-8-12(13(15)17-3)14(16)9-6-7-11(2)10-14/h11-12,16H,4-10H2,1-3H3. The van der Waals surface area contributed by atoms with E-state index >= 15 is 0 Å². The summed E-state index contributed by atoms with van der Waals surface area (Å²) < 4.78 is 4.86. The minimum Gasteiger partial charge on any atom is -0.469 e. The highest BCUT2D eigenvalue weighted by Crippen LogP contribution is 2.39. The Morgan fingerprint density at radius 1 is 1.59 bits per heavy atom. The number of methoxy groups -OCH3 is 1. The minimum absolute atomic E-state index is 0.241. The molecule has 0 aromatic rings. The third kappa shape index (κ3) is 3.70. The van der Waals surface area contributed by atoms with Crippen LogP contribution in [0.4, 0.5) is 0 Å². The summed E-state index contributed by atoms with van der Waals surface area (Å²) in [5.41, 5.74) is -0.833. The lowest BCUT2D eigenvalue weighted by atomic mass is 9.70. The van der Waals surface area contributed by atoms with Gasteiger partial charge in [-0.25, -0.2) is 0 Å². The quantitative estimate of drug-likeness (QED) is 0.754. The van der Waals surface area contributed by atoms with Crippen LogP contribution in [0.15, 0.2) is 0 Å². The Labute approximate surface area is 105 Å². The summed E-state index contributed by atoms with van der Waals surface area (Å²) in [6.07, 6.45) is 6.39. The summed E-state index contributed by atoms with van der Waals surface area (Å²) in [5.74, 6) is -0.0761. The van der Waals surface area contributed by atoms with E-state index in [1.165, 1.54) is 7.11 Å². The number of unbranched alkanes of at least 4 members (excludes halogenated alkanes) is 1. The molecule has 1 rings (SSSR count). The molecule has 1 aliphatic rings. The molecule has 0 aromatic heterocycles. The van der Waals surface area contributed by atoms with Crippen LogP contribution in [-0.2, 0) is 9.53 Å². The third-order valence-corrected chi connectivity index (χ3v) is 3.99. The Kier molecular flexibility index (Phi) is 5.44. The Balaban J connectivity index is 2.75. The zero-order valence-corrected chi connectivity index (χ0v) is 11.4. The summed E-state index contributed by atoms with van der Waals surface area (Å²) in [6.45, 7) is 4.25. The molecule has 0 saturated heterocycles. The molecule has 0 heterocycles. The minimum atomic E-state index is -0.833. The van der Waals surface area contributed by atoms with Gasteiger partial charge in [0.25, 0.3) is 0 Å². The number of carbonyl (C=O) groups excluding carboxylic acids is 1. The second-order valence-electron chi connectivity index (χ2n) is 5.52. The van der Waals surface area contributed by atoms with E-state index in [4.69, 9.17) is 4.74 Å². The molecule has 3 heteroatoms. The first-order valence-electron chi connectivity index (χ1n) is 6.83. The van der Waals surface area contributed by atoms with Gasteiger partial charge < -0.3 is 9.84 Å². The number of hydrogen-bond donors (Lipinski definition) is 1. The maximum atomic E-state index is 11.8. The van der Waals surface area contributed by atoms with Crippen LogP contribution in [0.2, 0.25) is 0 Å². The molecule has 0 amide bonds. The van der Waals surface area contributed by atoms with Gasteiger partial charge in [0.1, 0.15) is 0 Å². The van der Waals surface area contributed by atoms with Crippen molar-refractivity contribution in [3.63, 3.8) is 0 Å². The van der Waals surface area contributed by atoms with E-state index in [9.17, 15) is 9.90 Å². The van der Waals surface area contributed by atoms with E-state index in [2.05, 4.69) is 13.8 Å². The normalized spacial score (nSPS) is 30.9. The first-order valence-corrected chi connectivity index (χ1v) is 6.83. The molecule has 3 unspecified atom stereocenters. The average Bonchev–Trinajstić information content (AvgIpc) is 2.28. The van der Waals surface area contributed by atoms with E-state index in [0.717, 1.165) is 44.9 Å². The lowest BCUT2D eigenvalue weighted by Gasteiger charge is -2.40. The Morgan fingerprint density at radius 2 is 2.29 bits per heavy atom. The van der Waals surface area contributed by atoms with Crippen LogP contribution in [0.25, 0.3) is 0 Å². The van der Waals surface area contributed by atoms with E-state index < -0.39 is 5.60 Å². The van der Waals surface area contributed by atoms with Gasteiger partial charge in [0, 0.05) is 0 Å². The fraction of sp³-hybridized carbons (Fsp3) is 0.929. The first-order chi connectivity index (χ1) is 8.03. The second kappa shape index (κ2) is 6.39. The van der Waals surface area contributed by atoms with Gasteiger partial charge in [-0.3, -0.25) is 4.79 Å². The van der Waals surface area contributed by atoms with Crippen LogP contribution in [-0.4, -0.2) is 23.8 Å². The largest absolute Gasteiger partial charge is 0.469 e. The van der Waals surface area contributed by atoms with Gasteiger partial charge >= 0.3 is 5.97 Å². The summed E-state index contributed by atoms with van der Waals surface area (Å²) in [4.78, 5) is 11.8. The summed E-state index contributed by atoms with van der Waals surface area (Å²) in [5, 5.41) is 10.7. The predicted molar refractivity (Wildman–Crippen MR) is 67.6 cm³/mol. The van der Waals surface area contributed by atoms with Crippen molar-refractivity contribution in [1.29, 1.82) is 0 Å². The van der Waals surface area contributed by atoms with E-state index in [1.54, 1.807) is 0 Å². The van der Waals surface area contributed by atoms with E-state index in [-0.39, 0.29) is 11.9 Å². The third-order valence-electron chi connectivity index (χ3n) is 3.99. The molecule has 1 fully saturated rings. The van der Waals surface area contributed by atoms with E-state index in [0.29, 0.717) is 5.92 Å². The fourth-order valence-corrected chi connectivity index (χ4v) is 3.04. The van der Waals surface area contributed by atoms with Gasteiger partial charge in [-0.2, -0.15) is 0 Å². The molecular formula is C14H26O3. The van der Waals surface area contributed by atoms with Crippen molar-refractivity contribution in [3.05, 3.63) is 0 Å². The van der Waals surface area contributed by atoms with Crippen molar-refractivity contribution in [2.75, 3.05) is 7.11 Å². The molecule has 1 N–H and O–H groups in total. The monoisotopic (exact) mass is 242 g/mol. The van der Waals surface area contributed by atoms with Crippen molar-refractivity contribution in [1.82, 2.24) is 0 Å². The number of rotatable bonds is 5. The molecule has 3 nitrogen and oxygen atoms in total. The zero-order valence-electron chi connectivity index (χ0n) is 11.4. The van der Waals surface area contributed by atoms with Gasteiger partial charge in [0.15, 0.2) is 0 Å². The van der Waals surface area contributed by atoms with Crippen molar-refractivity contribution >= 4 is 5.97 Å². The van der Waals surface area contributed by atoms with Crippen molar-refractivity contribution in [2.24, 2.45) is 11.8 Å². The molecular weight excluding hydrogens is 216 g/mol. The van der Waals surface area contributed by atoms with Crippen molar-refractivity contribution < 1.29 is 14.6 Å². The topological polar surface area (TPSA) is 46.5 Å². The molecule has 0 aliphatic heterocycles. The molecule has 0 radical (unpaired) electrons. The molecule has 0 aromatic carbocycles. The Morgan fingerprint density at radius 3 is 2.82 bits per heavy atom. The zero-order chi connectivity index (χ0) is 12.9. The van der Waals surface area contributed by atoms with Crippen LogP contribution in [0.1, 0.15) is 58.8 Å². The molecule has 17 heavy (non-hydrogen) atoms. The molecule has 1 aliphatic carbocycles. The maximum Gasteiger partial charge on any atom is 0.311 e. The fourth-order valence-electron chi connectivity index (χ4n) is 3.04. The van der Waals surface area contributed by atoms with E-state index in [1.807, 2.05) is 0 Å². The number of aliphatic hydroxyl groups is 1. The van der Waals surface area contributed by atoms with Crippen LogP contribution in [0.5, 0.6) is 0 Å². The first kappa shape index (κ1) is 14.5. The van der Waals surface area contributed by atoms with Crippen molar-refractivity contribution in [3.8, 4) is 0 Å². The van der Waals surface area contributed by atoms with Gasteiger partial charge in [-0.1, -0.05) is 39.5 Å². The molecule has 0 bridgehead atoms. The Hall–Kier alpha value is -0.570. The lowest BCUT2D eigenvalue weighted by molar-refractivity contribution is -0.160. The predicted octanol–water partition coefficient (Wildman–Crippen LogP) is 2.91. The SMILES string of the molecule is CCCCC(C(=O)OC)C1(O)CCCC(C)C1. The van der Waals surface area contributed by atoms with Crippen LogP contribution in [0.3, 0.4) is 0 Å². The number of ether oxygens (including phenoxy) is 1. The smallest absolute Gasteiger partial charge is 0.311 e. The second-order valence-corrected chi connectivity index (χ2v) is 5.52. The summed E-state index contributed by atoms with van der Waals surface area (Å²) in [6, 6.07) is 0. The number of carbonyl (C=O) groups is 1. The Bertz CT molecular complexity index is 252. The van der Waals surface area contributed by atoms with Gasteiger partial charge in [0.2, 0.25) is 0 Å². The highest BCUT2D eigenvalue weighted by molar-refractivity contribution is 5.73. The summed E-state index contributed by atoms with van der Waals surface area (Å²) in [7, 11) is 1.41. The highest BCUT2D eigenvalue weighted by Gasteiger charge is 2.43. The maximum absolute atomic E-state index is 11.8. The van der Waals surface area contributed by atoms with Crippen LogP contribution >= 0.6 is 0 Å². The average molecular weight is 242 g/mol. The highest BCUT2D eigenvalue weighted by atomic mass is 16.5. The number of esters is 1. The number of hydrogen-bond acceptors (Lipinski definition) is 3. The van der Waals surface area contributed by atoms with Crippen LogP contribution in [0, 0.1) is 11.8 Å². The lowest BCUT2D eigenvalue weighted by Crippen LogP contribution is -2.46. The van der Waals surface area contributed by atoms with Gasteiger partial charge in [-0.05, 0) is 25.2 Å². The molecule has 0 spiro atoms. The van der Waals surface area contributed by atoms with Gasteiger partial charge in [-0.15, -0.1) is 0 Å². The molecule has 1 saturated carbocycles. The molecule has 3 atom stereocenters. The van der Waals surface area contributed by atoms with Crippen molar-refractivity contribution in [2.45, 2.75) is 64.4 Å². The van der Waals surface area contributed by atoms with Crippen LogP contribution < -0.4 is 0 Å². The molecule has 100 valence electrons.